The third kappa shape index (κ3) is 6.27. The van der Waals surface area contributed by atoms with Crippen LogP contribution in [0.25, 0.3) is 0 Å². The second-order valence-electron chi connectivity index (χ2n) is 9.89. The number of likely N-dealkylation sites (tertiary alicyclic amines) is 2. The van der Waals surface area contributed by atoms with Gasteiger partial charge in [-0.1, -0.05) is 36.4 Å². The Morgan fingerprint density at radius 2 is 1.09 bits per heavy atom. The summed E-state index contributed by atoms with van der Waals surface area (Å²) >= 11 is 0. The monoisotopic (exact) mass is 480 g/mol. The zero-order valence-electron chi connectivity index (χ0n) is 20.2. The van der Waals surface area contributed by atoms with Gasteiger partial charge in [0.25, 0.3) is 11.8 Å². The first-order valence-electron chi connectivity index (χ1n) is 12.8. The number of quaternary nitrogens is 2. The maximum atomic E-state index is 13.8. The first-order chi connectivity index (χ1) is 16.9. The van der Waals surface area contributed by atoms with Crippen LogP contribution in [0.5, 0.6) is 0 Å². The lowest BCUT2D eigenvalue weighted by atomic mass is 9.98. The maximum Gasteiger partial charge on any atom is 0.283 e. The molecule has 0 radical (unpaired) electrons. The van der Waals surface area contributed by atoms with Crippen LogP contribution in [0.15, 0.2) is 60.7 Å². The molecule has 8 nitrogen and oxygen atoms in total. The molecule has 2 aliphatic heterocycles. The van der Waals surface area contributed by atoms with E-state index in [1.807, 2.05) is 60.7 Å². The van der Waals surface area contributed by atoms with E-state index in [2.05, 4.69) is 10.6 Å². The molecule has 2 aromatic rings. The Morgan fingerprint density at radius 3 is 1.49 bits per heavy atom. The van der Waals surface area contributed by atoms with Crippen LogP contribution in [-0.4, -0.2) is 59.4 Å². The van der Waals surface area contributed by atoms with Crippen molar-refractivity contribution >= 4 is 23.2 Å². The smallest absolute Gasteiger partial charge is 0.283 e. The molecule has 0 spiro atoms. The second-order valence-corrected chi connectivity index (χ2v) is 9.89. The van der Waals surface area contributed by atoms with E-state index in [0.29, 0.717) is 43.7 Å². The number of nitrogens with one attached hydrogen (secondary N) is 2. The van der Waals surface area contributed by atoms with Crippen LogP contribution in [0.1, 0.15) is 44.9 Å². The minimum atomic E-state index is -0.678. The van der Waals surface area contributed by atoms with Crippen molar-refractivity contribution in [1.29, 1.82) is 0 Å². The molecule has 4 atom stereocenters. The Hall–Kier alpha value is -2.78. The highest BCUT2D eigenvalue weighted by Crippen LogP contribution is 2.30. The zero-order chi connectivity index (χ0) is 24.7. The molecule has 0 aliphatic carbocycles. The summed E-state index contributed by atoms with van der Waals surface area (Å²) in [7, 11) is 0. The summed E-state index contributed by atoms with van der Waals surface area (Å²) in [6.45, 7) is 1.18. The predicted octanol–water partition coefficient (Wildman–Crippen LogP) is 4.39. The summed E-state index contributed by atoms with van der Waals surface area (Å²) in [5, 5.41) is 33.3. The van der Waals surface area contributed by atoms with Crippen molar-refractivity contribution in [3.63, 3.8) is 0 Å². The molecule has 2 fully saturated rings. The van der Waals surface area contributed by atoms with Gasteiger partial charge in [-0.25, -0.2) is 0 Å². The molecule has 2 aromatic carbocycles. The molecule has 35 heavy (non-hydrogen) atoms. The summed E-state index contributed by atoms with van der Waals surface area (Å²) < 4.78 is -1.20. The van der Waals surface area contributed by atoms with E-state index in [-0.39, 0.29) is 24.9 Å². The van der Waals surface area contributed by atoms with Crippen LogP contribution in [0.2, 0.25) is 0 Å². The third-order valence-electron chi connectivity index (χ3n) is 7.43. The van der Waals surface area contributed by atoms with Crippen LogP contribution >= 0.6 is 0 Å². The average Bonchev–Trinajstić information content (AvgIpc) is 2.85. The highest BCUT2D eigenvalue weighted by molar-refractivity contribution is 5.94. The first-order valence-corrected chi connectivity index (χ1v) is 12.8. The largest absolute Gasteiger partial charge is 0.632 e. The number of benzene rings is 2. The van der Waals surface area contributed by atoms with Gasteiger partial charge in [0.1, 0.15) is 0 Å². The molecule has 2 saturated heterocycles. The predicted molar refractivity (Wildman–Crippen MR) is 137 cm³/mol. The number of hydroxylamine groups is 6. The van der Waals surface area contributed by atoms with E-state index in [1.165, 1.54) is 0 Å². The van der Waals surface area contributed by atoms with Gasteiger partial charge >= 0.3 is 0 Å². The Balaban J connectivity index is 1.38. The highest BCUT2D eigenvalue weighted by atomic mass is 16.6. The van der Waals surface area contributed by atoms with Gasteiger partial charge in [0, 0.05) is 30.6 Å². The molecule has 0 aromatic heterocycles. The average molecular weight is 481 g/mol. The molecular formula is C27H36N4O4. The minimum absolute atomic E-state index is 0.210. The van der Waals surface area contributed by atoms with Gasteiger partial charge < -0.3 is 30.3 Å². The second kappa shape index (κ2) is 11.3. The van der Waals surface area contributed by atoms with Crippen LogP contribution < -0.4 is 10.6 Å². The van der Waals surface area contributed by atoms with Gasteiger partial charge in [-0.15, -0.1) is 0 Å². The van der Waals surface area contributed by atoms with Crippen molar-refractivity contribution in [2.45, 2.75) is 57.0 Å². The van der Waals surface area contributed by atoms with Crippen molar-refractivity contribution in [2.75, 3.05) is 36.8 Å². The Kier molecular flexibility index (Phi) is 8.18. The standard InChI is InChI=1S/C27H36N4O4/c32-26(28-22-12-3-1-4-13-22)24-16-7-9-18-30(24,34)20-11-21-31(35)19-10-8-17-25(31)27(33)29-23-14-5-2-6-15-23/h1-6,12-15,24-25H,7-11,16-21H2,(H,28,32)(H,29,33)/t24-,25-,30?,31?/m0/s1. The zero-order valence-corrected chi connectivity index (χ0v) is 20.2. The third-order valence-corrected chi connectivity index (χ3v) is 7.43. The van der Waals surface area contributed by atoms with Gasteiger partial charge in [-0.3, -0.25) is 9.59 Å². The molecule has 0 bridgehead atoms. The van der Waals surface area contributed by atoms with E-state index in [4.69, 9.17) is 0 Å². The highest BCUT2D eigenvalue weighted by Gasteiger charge is 2.40. The SMILES string of the molecule is O=C(Nc1ccccc1)[C@@H]1CCCC[N+]1([O-])CCC[N+]1([O-])CCCC[C@H]1C(=O)Nc1ccccc1. The number of anilines is 2. The Bertz CT molecular complexity index is 910. The quantitative estimate of drug-likeness (QED) is 0.432. The van der Waals surface area contributed by atoms with E-state index >= 15 is 0 Å². The summed E-state index contributed by atoms with van der Waals surface area (Å²) in [5.41, 5.74) is 1.36. The van der Waals surface area contributed by atoms with E-state index in [9.17, 15) is 20.0 Å². The summed E-state index contributed by atoms with van der Waals surface area (Å²) in [6, 6.07) is 17.0. The van der Waals surface area contributed by atoms with Crippen LogP contribution in [0.3, 0.4) is 0 Å². The number of amides is 2. The molecule has 2 N–H and O–H groups in total. The van der Waals surface area contributed by atoms with Crippen LogP contribution in [0.4, 0.5) is 11.4 Å². The van der Waals surface area contributed by atoms with E-state index in [1.54, 1.807) is 0 Å². The van der Waals surface area contributed by atoms with Crippen molar-refractivity contribution in [3.05, 3.63) is 71.1 Å². The molecule has 2 heterocycles. The van der Waals surface area contributed by atoms with Crippen molar-refractivity contribution < 1.29 is 18.9 Å². The first kappa shape index (κ1) is 25.3. The number of para-hydroxylation sites is 2. The number of rotatable bonds is 8. The summed E-state index contributed by atoms with van der Waals surface area (Å²) in [4.78, 5) is 26.0. The topological polar surface area (TPSA) is 104 Å². The van der Waals surface area contributed by atoms with E-state index < -0.39 is 21.4 Å². The molecular weight excluding hydrogens is 444 g/mol. The number of hydrogen-bond donors (Lipinski definition) is 2. The molecule has 2 amide bonds. The van der Waals surface area contributed by atoms with Crippen molar-refractivity contribution in [3.8, 4) is 0 Å². The molecule has 0 saturated carbocycles. The summed E-state index contributed by atoms with van der Waals surface area (Å²) in [6.07, 6.45) is 4.72. The lowest BCUT2D eigenvalue weighted by Gasteiger charge is -2.53. The van der Waals surface area contributed by atoms with Gasteiger partial charge in [0.05, 0.1) is 26.2 Å². The Labute approximate surface area is 207 Å². The fraction of sp³-hybridized carbons (Fsp3) is 0.481. The van der Waals surface area contributed by atoms with Crippen molar-refractivity contribution in [1.82, 2.24) is 0 Å². The van der Waals surface area contributed by atoms with Gasteiger partial charge in [-0.2, -0.15) is 0 Å². The number of nitrogens with zero attached hydrogens (tertiary/aromatic N) is 2. The number of carbonyl (C=O) groups is 2. The van der Waals surface area contributed by atoms with Crippen LogP contribution in [-0.2, 0) is 9.59 Å². The lowest BCUT2D eigenvalue weighted by Crippen LogP contribution is -2.61. The number of hydrogen-bond acceptors (Lipinski definition) is 4. The van der Waals surface area contributed by atoms with Gasteiger partial charge in [0.2, 0.25) is 0 Å². The minimum Gasteiger partial charge on any atom is -0.632 e. The molecule has 8 heteroatoms. The van der Waals surface area contributed by atoms with E-state index in [0.717, 1.165) is 25.7 Å². The fourth-order valence-electron chi connectivity index (χ4n) is 5.54. The fourth-order valence-corrected chi connectivity index (χ4v) is 5.54. The maximum absolute atomic E-state index is 13.8. The summed E-state index contributed by atoms with van der Waals surface area (Å²) in [5.74, 6) is -0.509. The lowest BCUT2D eigenvalue weighted by molar-refractivity contribution is -0.919. The number of piperidine rings is 2. The van der Waals surface area contributed by atoms with Gasteiger partial charge in [0.15, 0.2) is 12.1 Å². The van der Waals surface area contributed by atoms with Crippen LogP contribution in [0, 0.1) is 10.4 Å². The molecule has 4 rings (SSSR count). The molecule has 2 aliphatic rings. The van der Waals surface area contributed by atoms with Gasteiger partial charge in [-0.05, 0) is 49.9 Å². The Morgan fingerprint density at radius 1 is 0.686 bits per heavy atom. The normalized spacial score (nSPS) is 28.7. The van der Waals surface area contributed by atoms with Crippen molar-refractivity contribution in [2.24, 2.45) is 0 Å². The molecule has 2 unspecified atom stereocenters. The molecule has 188 valence electrons. The number of carbonyl (C=O) groups excluding carboxylic acids is 2.